The number of ether oxygens (including phenoxy) is 1. The fraction of sp³-hybridized carbons (Fsp3) is 0.455. The average molecular weight is 399 g/mol. The second-order valence-corrected chi connectivity index (χ2v) is 7.39. The molecule has 0 unspecified atom stereocenters. The number of furan rings is 1. The molecule has 2 heterocycles. The summed E-state index contributed by atoms with van der Waals surface area (Å²) >= 11 is 0. The third-order valence-electron chi connectivity index (χ3n) is 5.28. The zero-order valence-electron chi connectivity index (χ0n) is 17.3. The highest BCUT2D eigenvalue weighted by molar-refractivity contribution is 5.94. The van der Waals surface area contributed by atoms with E-state index in [-0.39, 0.29) is 17.9 Å². The molecule has 156 valence electrons. The monoisotopic (exact) mass is 399 g/mol. The highest BCUT2D eigenvalue weighted by atomic mass is 16.5. The maximum absolute atomic E-state index is 12.7. The molecule has 2 amide bonds. The van der Waals surface area contributed by atoms with Crippen LogP contribution in [0.25, 0.3) is 0 Å². The fourth-order valence-electron chi connectivity index (χ4n) is 3.61. The summed E-state index contributed by atoms with van der Waals surface area (Å²) in [7, 11) is 1.67. The minimum absolute atomic E-state index is 0.00703. The van der Waals surface area contributed by atoms with Crippen LogP contribution in [0.1, 0.15) is 30.6 Å². The zero-order chi connectivity index (χ0) is 20.8. The van der Waals surface area contributed by atoms with Crippen LogP contribution in [0, 0.1) is 0 Å². The number of methoxy groups -OCH3 is 1. The van der Waals surface area contributed by atoms with Crippen LogP contribution in [0.4, 0.5) is 5.69 Å². The number of nitrogens with zero attached hydrogens (tertiary/aromatic N) is 3. The molecule has 1 fully saturated rings. The second kappa shape index (κ2) is 9.49. The Bertz CT molecular complexity index is 811. The maximum Gasteiger partial charge on any atom is 0.257 e. The van der Waals surface area contributed by atoms with Gasteiger partial charge < -0.3 is 23.9 Å². The number of benzene rings is 1. The highest BCUT2D eigenvalue weighted by Gasteiger charge is 2.25. The largest absolute Gasteiger partial charge is 0.495 e. The van der Waals surface area contributed by atoms with Crippen molar-refractivity contribution >= 4 is 17.5 Å². The minimum atomic E-state index is -0.109. The smallest absolute Gasteiger partial charge is 0.257 e. The van der Waals surface area contributed by atoms with Gasteiger partial charge in [-0.05, 0) is 32.0 Å². The van der Waals surface area contributed by atoms with Crippen LogP contribution >= 0.6 is 0 Å². The van der Waals surface area contributed by atoms with E-state index in [9.17, 15) is 9.59 Å². The Hall–Kier alpha value is -2.96. The van der Waals surface area contributed by atoms with E-state index in [0.29, 0.717) is 31.6 Å². The molecule has 29 heavy (non-hydrogen) atoms. The standard InChI is InChI=1S/C22H29N3O4/c1-17(2)25(22(27)18-9-15-29-16-18)10-8-21(26)24-13-11-23(12-14-24)19-6-4-5-7-20(19)28-3/h4-7,9,15-17H,8,10-14H2,1-3H3. The van der Waals surface area contributed by atoms with E-state index in [1.54, 1.807) is 18.1 Å². The molecule has 2 aromatic rings. The molecule has 0 atom stereocenters. The van der Waals surface area contributed by atoms with Crippen molar-refractivity contribution < 1.29 is 18.7 Å². The second-order valence-electron chi connectivity index (χ2n) is 7.39. The van der Waals surface area contributed by atoms with Crippen LogP contribution in [0.5, 0.6) is 5.75 Å². The molecule has 1 aliphatic heterocycles. The van der Waals surface area contributed by atoms with Gasteiger partial charge in [-0.25, -0.2) is 0 Å². The van der Waals surface area contributed by atoms with Gasteiger partial charge >= 0.3 is 0 Å². The van der Waals surface area contributed by atoms with Gasteiger partial charge in [-0.1, -0.05) is 12.1 Å². The molecule has 0 spiro atoms. The van der Waals surface area contributed by atoms with Crippen molar-refractivity contribution in [3.63, 3.8) is 0 Å². The lowest BCUT2D eigenvalue weighted by Gasteiger charge is -2.37. The number of amides is 2. The van der Waals surface area contributed by atoms with Crippen molar-refractivity contribution in [3.8, 4) is 5.75 Å². The SMILES string of the molecule is COc1ccccc1N1CCN(C(=O)CCN(C(=O)c2ccoc2)C(C)C)CC1. The van der Waals surface area contributed by atoms with E-state index in [1.807, 2.05) is 43.0 Å². The summed E-state index contributed by atoms with van der Waals surface area (Å²) in [6, 6.07) is 9.59. The Labute approximate surface area is 171 Å². The Morgan fingerprint density at radius 3 is 2.48 bits per heavy atom. The first-order chi connectivity index (χ1) is 14.0. The molecule has 3 rings (SSSR count). The van der Waals surface area contributed by atoms with Gasteiger partial charge in [-0.3, -0.25) is 9.59 Å². The summed E-state index contributed by atoms with van der Waals surface area (Å²) in [6.07, 6.45) is 3.24. The number of para-hydroxylation sites is 2. The van der Waals surface area contributed by atoms with Gasteiger partial charge in [0.25, 0.3) is 5.91 Å². The van der Waals surface area contributed by atoms with Gasteiger partial charge in [0.15, 0.2) is 0 Å². The maximum atomic E-state index is 12.7. The van der Waals surface area contributed by atoms with Crippen LogP contribution in [-0.4, -0.2) is 67.5 Å². The number of hydrogen-bond acceptors (Lipinski definition) is 5. The first-order valence-electron chi connectivity index (χ1n) is 10.00. The molecule has 1 aromatic heterocycles. The highest BCUT2D eigenvalue weighted by Crippen LogP contribution is 2.28. The van der Waals surface area contributed by atoms with E-state index in [1.165, 1.54) is 12.5 Å². The Kier molecular flexibility index (Phi) is 6.80. The average Bonchev–Trinajstić information content (AvgIpc) is 3.28. The number of hydrogen-bond donors (Lipinski definition) is 0. The summed E-state index contributed by atoms with van der Waals surface area (Å²) in [6.45, 7) is 7.14. The molecule has 0 bridgehead atoms. The van der Waals surface area contributed by atoms with Gasteiger partial charge in [0.1, 0.15) is 12.0 Å². The lowest BCUT2D eigenvalue weighted by molar-refractivity contribution is -0.131. The van der Waals surface area contributed by atoms with Crippen LogP contribution in [0.3, 0.4) is 0 Å². The number of piperazine rings is 1. The van der Waals surface area contributed by atoms with Crippen LogP contribution in [-0.2, 0) is 4.79 Å². The van der Waals surface area contributed by atoms with E-state index in [2.05, 4.69) is 4.90 Å². The van der Waals surface area contributed by atoms with Crippen LogP contribution < -0.4 is 9.64 Å². The first kappa shape index (κ1) is 20.8. The third kappa shape index (κ3) is 4.91. The summed E-state index contributed by atoms with van der Waals surface area (Å²) in [5, 5.41) is 0. The molecule has 1 saturated heterocycles. The molecule has 0 aliphatic carbocycles. The fourth-order valence-corrected chi connectivity index (χ4v) is 3.61. The van der Waals surface area contributed by atoms with Crippen molar-refractivity contribution in [2.24, 2.45) is 0 Å². The van der Waals surface area contributed by atoms with Crippen molar-refractivity contribution in [2.45, 2.75) is 26.3 Å². The number of anilines is 1. The van der Waals surface area contributed by atoms with Gasteiger partial charge in [0.2, 0.25) is 5.91 Å². The van der Waals surface area contributed by atoms with Crippen LogP contribution in [0.15, 0.2) is 47.3 Å². The van der Waals surface area contributed by atoms with Gasteiger partial charge in [-0.15, -0.1) is 0 Å². The number of carbonyl (C=O) groups is 2. The molecular weight excluding hydrogens is 370 g/mol. The lowest BCUT2D eigenvalue weighted by Crippen LogP contribution is -2.49. The summed E-state index contributed by atoms with van der Waals surface area (Å²) in [5.74, 6) is 0.815. The van der Waals surface area contributed by atoms with E-state index in [4.69, 9.17) is 9.15 Å². The van der Waals surface area contributed by atoms with Crippen LogP contribution in [0.2, 0.25) is 0 Å². The Balaban J connectivity index is 1.53. The Morgan fingerprint density at radius 2 is 1.86 bits per heavy atom. The summed E-state index contributed by atoms with van der Waals surface area (Å²) < 4.78 is 10.5. The predicted molar refractivity (Wildman–Crippen MR) is 111 cm³/mol. The van der Waals surface area contributed by atoms with Gasteiger partial charge in [0, 0.05) is 45.2 Å². The summed E-state index contributed by atoms with van der Waals surface area (Å²) in [4.78, 5) is 31.2. The lowest BCUT2D eigenvalue weighted by atomic mass is 10.2. The topological polar surface area (TPSA) is 66.2 Å². The molecule has 0 N–H and O–H groups in total. The van der Waals surface area contributed by atoms with Gasteiger partial charge in [-0.2, -0.15) is 0 Å². The normalized spacial score (nSPS) is 14.2. The van der Waals surface area contributed by atoms with E-state index in [0.717, 1.165) is 24.5 Å². The molecular formula is C22H29N3O4. The predicted octanol–water partition coefficient (Wildman–Crippen LogP) is 2.88. The van der Waals surface area contributed by atoms with Crippen molar-refractivity contribution in [3.05, 3.63) is 48.4 Å². The number of rotatable bonds is 7. The van der Waals surface area contributed by atoms with E-state index < -0.39 is 0 Å². The third-order valence-corrected chi connectivity index (χ3v) is 5.28. The molecule has 1 aliphatic rings. The number of carbonyl (C=O) groups excluding carboxylic acids is 2. The van der Waals surface area contributed by atoms with Crippen molar-refractivity contribution in [1.29, 1.82) is 0 Å². The molecule has 7 heteroatoms. The van der Waals surface area contributed by atoms with E-state index >= 15 is 0 Å². The minimum Gasteiger partial charge on any atom is -0.495 e. The first-order valence-corrected chi connectivity index (χ1v) is 10.00. The molecule has 7 nitrogen and oxygen atoms in total. The quantitative estimate of drug-likeness (QED) is 0.716. The summed E-state index contributed by atoms with van der Waals surface area (Å²) in [5.41, 5.74) is 1.57. The molecule has 0 radical (unpaired) electrons. The van der Waals surface area contributed by atoms with Crippen molar-refractivity contribution in [1.82, 2.24) is 9.80 Å². The van der Waals surface area contributed by atoms with Gasteiger partial charge in [0.05, 0.1) is 24.6 Å². The van der Waals surface area contributed by atoms with Crippen molar-refractivity contribution in [2.75, 3.05) is 44.7 Å². The zero-order valence-corrected chi connectivity index (χ0v) is 17.3. The molecule has 0 saturated carbocycles. The molecule has 1 aromatic carbocycles. The Morgan fingerprint density at radius 1 is 1.14 bits per heavy atom.